The van der Waals surface area contributed by atoms with Crippen molar-refractivity contribution in [2.45, 2.75) is 25.8 Å². The minimum Gasteiger partial charge on any atom is -0.342 e. The van der Waals surface area contributed by atoms with Crippen LogP contribution >= 0.6 is 0 Å². The second kappa shape index (κ2) is 4.35. The Bertz CT molecular complexity index is 646. The first-order valence-electron chi connectivity index (χ1n) is 6.54. The van der Waals surface area contributed by atoms with Crippen molar-refractivity contribution in [3.05, 3.63) is 23.5 Å². The molecule has 1 amide bonds. The van der Waals surface area contributed by atoms with Crippen molar-refractivity contribution in [2.75, 3.05) is 19.0 Å². The van der Waals surface area contributed by atoms with Crippen LogP contribution in [0.1, 0.15) is 17.8 Å². The standard InChI is InChI=1S/C14H18N4O/c1-8-16-11-6-9-4-5-10(15-2)14(19)18(3)13(9)7-12(11)17-8/h6-7,10,15H,4-5H2,1-3H3,(H,16,17)/t10-/m0/s1. The van der Waals surface area contributed by atoms with Crippen molar-refractivity contribution in [3.63, 3.8) is 0 Å². The van der Waals surface area contributed by atoms with Gasteiger partial charge in [-0.15, -0.1) is 0 Å². The normalized spacial score (nSPS) is 19.6. The molecule has 0 bridgehead atoms. The number of fused-ring (bicyclic) bond motifs is 2. The molecule has 0 saturated carbocycles. The highest BCUT2D eigenvalue weighted by Crippen LogP contribution is 2.29. The molecule has 2 aromatic rings. The number of carbonyl (C=O) groups is 1. The maximum Gasteiger partial charge on any atom is 0.243 e. The first kappa shape index (κ1) is 12.2. The maximum absolute atomic E-state index is 12.3. The van der Waals surface area contributed by atoms with Crippen molar-refractivity contribution in [3.8, 4) is 0 Å². The number of H-pyrrole nitrogens is 1. The van der Waals surface area contributed by atoms with E-state index >= 15 is 0 Å². The molecule has 1 aliphatic heterocycles. The summed E-state index contributed by atoms with van der Waals surface area (Å²) in [5.74, 6) is 1.02. The van der Waals surface area contributed by atoms with Gasteiger partial charge in [-0.05, 0) is 44.5 Å². The summed E-state index contributed by atoms with van der Waals surface area (Å²) in [6, 6.07) is 4.02. The Labute approximate surface area is 112 Å². The van der Waals surface area contributed by atoms with E-state index in [1.807, 2.05) is 27.1 Å². The molecule has 3 rings (SSSR count). The number of hydrogen-bond acceptors (Lipinski definition) is 3. The molecular weight excluding hydrogens is 240 g/mol. The van der Waals surface area contributed by atoms with E-state index in [9.17, 15) is 4.79 Å². The Balaban J connectivity index is 2.14. The van der Waals surface area contributed by atoms with Gasteiger partial charge in [0.25, 0.3) is 0 Å². The summed E-state index contributed by atoms with van der Waals surface area (Å²) in [7, 11) is 3.67. The highest BCUT2D eigenvalue weighted by molar-refractivity contribution is 6.00. The number of carbonyl (C=O) groups excluding carboxylic acids is 1. The van der Waals surface area contributed by atoms with Gasteiger partial charge in [0, 0.05) is 12.7 Å². The fourth-order valence-electron chi connectivity index (χ4n) is 2.77. The van der Waals surface area contributed by atoms with Gasteiger partial charge in [0.2, 0.25) is 5.91 Å². The summed E-state index contributed by atoms with van der Waals surface area (Å²) in [5, 5.41) is 3.09. The number of likely N-dealkylation sites (N-methyl/N-ethyl adjacent to an activating group) is 2. The third kappa shape index (κ3) is 1.90. The third-order valence-electron chi connectivity index (χ3n) is 3.84. The lowest BCUT2D eigenvalue weighted by Crippen LogP contribution is -2.42. The Morgan fingerprint density at radius 2 is 2.26 bits per heavy atom. The van der Waals surface area contributed by atoms with Gasteiger partial charge in [-0.3, -0.25) is 4.79 Å². The molecule has 5 heteroatoms. The van der Waals surface area contributed by atoms with Crippen LogP contribution in [0.4, 0.5) is 5.69 Å². The third-order valence-corrected chi connectivity index (χ3v) is 3.84. The lowest BCUT2D eigenvalue weighted by molar-refractivity contribution is -0.120. The Kier molecular flexibility index (Phi) is 2.78. The van der Waals surface area contributed by atoms with Gasteiger partial charge < -0.3 is 15.2 Å². The SMILES string of the molecule is CN[C@H]1CCc2cc3[nH]c(C)nc3cc2N(C)C1=O. The number of rotatable bonds is 1. The number of aryl methyl sites for hydroxylation is 2. The molecule has 1 aromatic carbocycles. The highest BCUT2D eigenvalue weighted by Gasteiger charge is 2.27. The molecule has 2 N–H and O–H groups in total. The van der Waals surface area contributed by atoms with E-state index < -0.39 is 0 Å². The summed E-state index contributed by atoms with van der Waals surface area (Å²) in [6.07, 6.45) is 1.72. The molecule has 0 aliphatic carbocycles. The van der Waals surface area contributed by atoms with E-state index in [2.05, 4.69) is 21.4 Å². The fraction of sp³-hybridized carbons (Fsp3) is 0.429. The molecule has 0 radical (unpaired) electrons. The van der Waals surface area contributed by atoms with Crippen molar-refractivity contribution in [2.24, 2.45) is 0 Å². The summed E-state index contributed by atoms with van der Waals surface area (Å²) in [6.45, 7) is 1.94. The zero-order valence-corrected chi connectivity index (χ0v) is 11.4. The van der Waals surface area contributed by atoms with E-state index in [-0.39, 0.29) is 11.9 Å². The quantitative estimate of drug-likeness (QED) is 0.812. The molecule has 0 fully saturated rings. The molecule has 1 atom stereocenters. The molecule has 1 aromatic heterocycles. The lowest BCUT2D eigenvalue weighted by atomic mass is 10.1. The number of anilines is 1. The van der Waals surface area contributed by atoms with Crippen LogP contribution in [0.25, 0.3) is 11.0 Å². The summed E-state index contributed by atoms with van der Waals surface area (Å²) in [5.41, 5.74) is 4.13. The van der Waals surface area contributed by atoms with Gasteiger partial charge in [0.1, 0.15) is 5.82 Å². The lowest BCUT2D eigenvalue weighted by Gasteiger charge is -2.20. The van der Waals surface area contributed by atoms with Crippen LogP contribution in [0.5, 0.6) is 0 Å². The van der Waals surface area contributed by atoms with Gasteiger partial charge >= 0.3 is 0 Å². The molecule has 1 aliphatic rings. The van der Waals surface area contributed by atoms with Gasteiger partial charge in [0.15, 0.2) is 0 Å². The Morgan fingerprint density at radius 1 is 1.47 bits per heavy atom. The molecule has 0 unspecified atom stereocenters. The summed E-state index contributed by atoms with van der Waals surface area (Å²) < 4.78 is 0. The zero-order chi connectivity index (χ0) is 13.6. The molecule has 0 saturated heterocycles. The van der Waals surface area contributed by atoms with E-state index in [0.29, 0.717) is 0 Å². The monoisotopic (exact) mass is 258 g/mol. The highest BCUT2D eigenvalue weighted by atomic mass is 16.2. The molecular formula is C14H18N4O. The minimum atomic E-state index is -0.106. The Morgan fingerprint density at radius 3 is 3.00 bits per heavy atom. The van der Waals surface area contributed by atoms with E-state index in [1.165, 1.54) is 5.56 Å². The number of nitrogens with one attached hydrogen (secondary N) is 2. The molecule has 19 heavy (non-hydrogen) atoms. The van der Waals surface area contributed by atoms with E-state index in [4.69, 9.17) is 0 Å². The number of aromatic amines is 1. The number of hydrogen-bond donors (Lipinski definition) is 2. The molecule has 0 spiro atoms. The maximum atomic E-state index is 12.3. The van der Waals surface area contributed by atoms with E-state index in [1.54, 1.807) is 4.90 Å². The zero-order valence-electron chi connectivity index (χ0n) is 11.4. The average molecular weight is 258 g/mol. The second-order valence-electron chi connectivity index (χ2n) is 5.10. The second-order valence-corrected chi connectivity index (χ2v) is 5.10. The van der Waals surface area contributed by atoms with Crippen molar-refractivity contribution >= 4 is 22.6 Å². The molecule has 5 nitrogen and oxygen atoms in total. The first-order valence-corrected chi connectivity index (χ1v) is 6.54. The largest absolute Gasteiger partial charge is 0.342 e. The van der Waals surface area contributed by atoms with Gasteiger partial charge in [-0.25, -0.2) is 4.98 Å². The van der Waals surface area contributed by atoms with Crippen LogP contribution in [-0.4, -0.2) is 36.0 Å². The number of nitrogens with zero attached hydrogens (tertiary/aromatic N) is 2. The van der Waals surface area contributed by atoms with Crippen molar-refractivity contribution < 1.29 is 4.79 Å². The average Bonchev–Trinajstić information content (AvgIpc) is 2.71. The number of benzene rings is 1. The number of aromatic nitrogens is 2. The van der Waals surface area contributed by atoms with Gasteiger partial charge in [-0.1, -0.05) is 0 Å². The topological polar surface area (TPSA) is 61.0 Å². The van der Waals surface area contributed by atoms with Crippen LogP contribution < -0.4 is 10.2 Å². The van der Waals surface area contributed by atoms with Gasteiger partial charge in [0.05, 0.1) is 17.1 Å². The van der Waals surface area contributed by atoms with Crippen LogP contribution in [0.15, 0.2) is 12.1 Å². The van der Waals surface area contributed by atoms with Crippen LogP contribution in [0.3, 0.4) is 0 Å². The smallest absolute Gasteiger partial charge is 0.243 e. The predicted octanol–water partition coefficient (Wildman–Crippen LogP) is 1.37. The molecule has 100 valence electrons. The Hall–Kier alpha value is -1.88. The van der Waals surface area contributed by atoms with Gasteiger partial charge in [-0.2, -0.15) is 0 Å². The minimum absolute atomic E-state index is 0.106. The number of imidazole rings is 1. The summed E-state index contributed by atoms with van der Waals surface area (Å²) >= 11 is 0. The van der Waals surface area contributed by atoms with Crippen LogP contribution in [0.2, 0.25) is 0 Å². The van der Waals surface area contributed by atoms with Crippen molar-refractivity contribution in [1.29, 1.82) is 0 Å². The summed E-state index contributed by atoms with van der Waals surface area (Å²) in [4.78, 5) is 21.8. The predicted molar refractivity (Wildman–Crippen MR) is 75.4 cm³/mol. The van der Waals surface area contributed by atoms with Crippen LogP contribution in [0, 0.1) is 6.92 Å². The first-order chi connectivity index (χ1) is 9.10. The fourth-order valence-corrected chi connectivity index (χ4v) is 2.77. The van der Waals surface area contributed by atoms with E-state index in [0.717, 1.165) is 35.4 Å². The molecule has 2 heterocycles. The van der Waals surface area contributed by atoms with Crippen LogP contribution in [-0.2, 0) is 11.2 Å². The number of amides is 1. The van der Waals surface area contributed by atoms with Crippen molar-refractivity contribution in [1.82, 2.24) is 15.3 Å².